The summed E-state index contributed by atoms with van der Waals surface area (Å²) in [6.45, 7) is 4.34. The van der Waals surface area contributed by atoms with Crippen LogP contribution in [0.15, 0.2) is 53.7 Å². The molecule has 10 heteroatoms. The van der Waals surface area contributed by atoms with Crippen LogP contribution in [0.5, 0.6) is 0 Å². The maximum Gasteiger partial charge on any atom is 0.251 e. The lowest BCUT2D eigenvalue weighted by molar-refractivity contribution is -0.113. The first-order valence-electron chi connectivity index (χ1n) is 9.55. The third kappa shape index (κ3) is 5.83. The Labute approximate surface area is 188 Å². The van der Waals surface area contributed by atoms with Crippen molar-refractivity contribution < 1.29 is 14.0 Å². The summed E-state index contributed by atoms with van der Waals surface area (Å²) >= 11 is 6.95. The van der Waals surface area contributed by atoms with Gasteiger partial charge in [0.15, 0.2) is 11.0 Å². The van der Waals surface area contributed by atoms with Gasteiger partial charge < -0.3 is 15.2 Å². The molecule has 0 unspecified atom stereocenters. The number of hydrogen-bond donors (Lipinski definition) is 2. The monoisotopic (exact) mass is 461 g/mol. The fourth-order valence-electron chi connectivity index (χ4n) is 2.86. The van der Waals surface area contributed by atoms with Gasteiger partial charge in [0.1, 0.15) is 5.82 Å². The number of anilines is 1. The molecule has 0 aliphatic rings. The maximum atomic E-state index is 13.2. The fourth-order valence-corrected chi connectivity index (χ4v) is 3.85. The van der Waals surface area contributed by atoms with E-state index in [1.807, 2.05) is 24.5 Å². The van der Waals surface area contributed by atoms with Crippen LogP contribution in [0.2, 0.25) is 5.02 Å². The molecule has 0 aliphatic heterocycles. The number of thioether (sulfide) groups is 1. The van der Waals surface area contributed by atoms with E-state index in [4.69, 9.17) is 11.6 Å². The largest absolute Gasteiger partial charge is 0.342 e. The molecule has 3 rings (SSSR count). The first-order valence-corrected chi connectivity index (χ1v) is 10.9. The van der Waals surface area contributed by atoms with Crippen LogP contribution in [0.1, 0.15) is 36.1 Å². The Bertz CT molecular complexity index is 1080. The molecule has 0 spiro atoms. The van der Waals surface area contributed by atoms with Gasteiger partial charge in [-0.3, -0.25) is 9.59 Å². The van der Waals surface area contributed by atoms with Crippen molar-refractivity contribution in [3.8, 4) is 0 Å². The second kappa shape index (κ2) is 10.4. The Morgan fingerprint density at radius 1 is 1.19 bits per heavy atom. The van der Waals surface area contributed by atoms with Crippen molar-refractivity contribution in [2.24, 2.45) is 0 Å². The molecule has 0 saturated heterocycles. The van der Waals surface area contributed by atoms with Gasteiger partial charge in [0, 0.05) is 17.8 Å². The van der Waals surface area contributed by atoms with E-state index >= 15 is 0 Å². The Morgan fingerprint density at radius 3 is 2.61 bits per heavy atom. The van der Waals surface area contributed by atoms with E-state index in [1.165, 1.54) is 30.0 Å². The summed E-state index contributed by atoms with van der Waals surface area (Å²) in [6, 6.07) is 12.5. The molecule has 1 aromatic heterocycles. The molecule has 31 heavy (non-hydrogen) atoms. The summed E-state index contributed by atoms with van der Waals surface area (Å²) in [7, 11) is 0. The lowest BCUT2D eigenvalue weighted by atomic mass is 10.2. The van der Waals surface area contributed by atoms with Gasteiger partial charge in [-0.1, -0.05) is 41.6 Å². The highest BCUT2D eigenvalue weighted by atomic mass is 35.5. The Kier molecular flexibility index (Phi) is 7.64. The predicted octanol–water partition coefficient (Wildman–Crippen LogP) is 4.31. The van der Waals surface area contributed by atoms with E-state index < -0.39 is 5.82 Å². The predicted molar refractivity (Wildman–Crippen MR) is 119 cm³/mol. The summed E-state index contributed by atoms with van der Waals surface area (Å²) < 4.78 is 15.1. The summed E-state index contributed by atoms with van der Waals surface area (Å²) in [4.78, 5) is 24.7. The zero-order valence-corrected chi connectivity index (χ0v) is 18.5. The molecular formula is C21H21ClFN5O2S. The van der Waals surface area contributed by atoms with Crippen LogP contribution in [0.4, 0.5) is 10.1 Å². The van der Waals surface area contributed by atoms with Gasteiger partial charge in [-0.15, -0.1) is 10.2 Å². The van der Waals surface area contributed by atoms with E-state index in [0.29, 0.717) is 28.8 Å². The molecule has 0 radical (unpaired) electrons. The number of benzene rings is 2. The minimum Gasteiger partial charge on any atom is -0.342 e. The van der Waals surface area contributed by atoms with E-state index in [2.05, 4.69) is 20.8 Å². The van der Waals surface area contributed by atoms with Crippen molar-refractivity contribution in [2.75, 3.05) is 11.1 Å². The second-order valence-electron chi connectivity index (χ2n) is 6.61. The number of hydrogen-bond acceptors (Lipinski definition) is 5. The lowest BCUT2D eigenvalue weighted by Gasteiger charge is -2.15. The maximum absolute atomic E-state index is 13.2. The third-order valence-electron chi connectivity index (χ3n) is 4.37. The summed E-state index contributed by atoms with van der Waals surface area (Å²) in [6.07, 6.45) is 0. The number of halogens is 2. The van der Waals surface area contributed by atoms with Crippen LogP contribution in [0.3, 0.4) is 0 Å². The SMILES string of the molecule is CCn1c(SCC(=O)Nc2ccc(F)c(Cl)c2)nnc1[C@H](C)NC(=O)c1ccccc1. The number of nitrogens with zero attached hydrogens (tertiary/aromatic N) is 3. The molecule has 1 heterocycles. The van der Waals surface area contributed by atoms with Crippen LogP contribution in [0, 0.1) is 5.82 Å². The minimum atomic E-state index is -0.550. The Morgan fingerprint density at radius 2 is 1.94 bits per heavy atom. The van der Waals surface area contributed by atoms with Crippen molar-refractivity contribution in [3.05, 3.63) is 70.8 Å². The number of amides is 2. The first-order chi connectivity index (χ1) is 14.9. The van der Waals surface area contributed by atoms with Crippen molar-refractivity contribution >= 4 is 40.9 Å². The average molecular weight is 462 g/mol. The molecule has 2 N–H and O–H groups in total. The van der Waals surface area contributed by atoms with Crippen LogP contribution < -0.4 is 10.6 Å². The highest BCUT2D eigenvalue weighted by Crippen LogP contribution is 2.22. The van der Waals surface area contributed by atoms with Crippen LogP contribution >= 0.6 is 23.4 Å². The zero-order valence-electron chi connectivity index (χ0n) is 16.9. The molecule has 0 bridgehead atoms. The van der Waals surface area contributed by atoms with Crippen molar-refractivity contribution in [1.82, 2.24) is 20.1 Å². The normalized spacial score (nSPS) is 11.7. The Balaban J connectivity index is 1.62. The van der Waals surface area contributed by atoms with Gasteiger partial charge in [-0.25, -0.2) is 4.39 Å². The summed E-state index contributed by atoms with van der Waals surface area (Å²) in [5, 5.41) is 14.4. The van der Waals surface area contributed by atoms with Crippen LogP contribution in [-0.4, -0.2) is 32.3 Å². The van der Waals surface area contributed by atoms with E-state index in [9.17, 15) is 14.0 Å². The van der Waals surface area contributed by atoms with E-state index in [0.717, 1.165) is 0 Å². The number of rotatable bonds is 8. The highest BCUT2D eigenvalue weighted by molar-refractivity contribution is 7.99. The first kappa shape index (κ1) is 22.8. The molecule has 1 atom stereocenters. The number of carbonyl (C=O) groups excluding carboxylic acids is 2. The van der Waals surface area contributed by atoms with E-state index in [1.54, 1.807) is 24.3 Å². The molecule has 3 aromatic rings. The van der Waals surface area contributed by atoms with Gasteiger partial charge in [0.05, 0.1) is 16.8 Å². The Hall–Kier alpha value is -2.91. The van der Waals surface area contributed by atoms with Gasteiger partial charge >= 0.3 is 0 Å². The molecule has 162 valence electrons. The number of nitrogens with one attached hydrogen (secondary N) is 2. The molecular weight excluding hydrogens is 441 g/mol. The van der Waals surface area contributed by atoms with Crippen molar-refractivity contribution in [2.45, 2.75) is 31.6 Å². The lowest BCUT2D eigenvalue weighted by Crippen LogP contribution is -2.28. The zero-order chi connectivity index (χ0) is 22.4. The smallest absolute Gasteiger partial charge is 0.251 e. The molecule has 0 aliphatic carbocycles. The standard InChI is InChI=1S/C21H21ClFN5O2S/c1-3-28-19(13(2)24-20(30)14-7-5-4-6-8-14)26-27-21(28)31-12-18(29)25-15-9-10-17(23)16(22)11-15/h4-11,13H,3,12H2,1-2H3,(H,24,30)(H,25,29)/t13-/m0/s1. The van der Waals surface area contributed by atoms with Gasteiger partial charge in [-0.2, -0.15) is 0 Å². The van der Waals surface area contributed by atoms with E-state index in [-0.39, 0.29) is 28.6 Å². The number of aromatic nitrogens is 3. The van der Waals surface area contributed by atoms with Crippen molar-refractivity contribution in [1.29, 1.82) is 0 Å². The van der Waals surface area contributed by atoms with Crippen LogP contribution in [0.25, 0.3) is 0 Å². The summed E-state index contributed by atoms with van der Waals surface area (Å²) in [5.41, 5.74) is 0.968. The van der Waals surface area contributed by atoms with Gasteiger partial charge in [-0.05, 0) is 44.2 Å². The van der Waals surface area contributed by atoms with Gasteiger partial charge in [0.25, 0.3) is 5.91 Å². The summed E-state index contributed by atoms with van der Waals surface area (Å²) in [5.74, 6) is -0.362. The average Bonchev–Trinajstić information content (AvgIpc) is 3.18. The topological polar surface area (TPSA) is 88.9 Å². The van der Waals surface area contributed by atoms with Crippen LogP contribution in [-0.2, 0) is 11.3 Å². The molecule has 7 nitrogen and oxygen atoms in total. The molecule has 0 fully saturated rings. The highest BCUT2D eigenvalue weighted by Gasteiger charge is 2.20. The fraction of sp³-hybridized carbons (Fsp3) is 0.238. The van der Waals surface area contributed by atoms with Gasteiger partial charge in [0.2, 0.25) is 5.91 Å². The molecule has 0 saturated carbocycles. The molecule has 2 amide bonds. The third-order valence-corrected chi connectivity index (χ3v) is 5.62. The number of carbonyl (C=O) groups is 2. The second-order valence-corrected chi connectivity index (χ2v) is 7.96. The van der Waals surface area contributed by atoms with Crippen molar-refractivity contribution in [3.63, 3.8) is 0 Å². The quantitative estimate of drug-likeness (QED) is 0.488. The molecule has 2 aromatic carbocycles. The minimum absolute atomic E-state index is 0.0626.